The monoisotopic (exact) mass is 580 g/mol. The van der Waals surface area contributed by atoms with E-state index in [4.69, 9.17) is 11.6 Å². The lowest BCUT2D eigenvalue weighted by Crippen LogP contribution is -2.16. The number of aromatic nitrogens is 3. The first-order valence-corrected chi connectivity index (χ1v) is 13.3. The van der Waals surface area contributed by atoms with Crippen molar-refractivity contribution in [3.63, 3.8) is 0 Å². The zero-order valence-corrected chi connectivity index (χ0v) is 21.9. The van der Waals surface area contributed by atoms with Gasteiger partial charge in [-0.05, 0) is 55.5 Å². The maximum Gasteiger partial charge on any atom is 0.264 e. The van der Waals surface area contributed by atoms with Crippen molar-refractivity contribution in [3.05, 3.63) is 101 Å². The Morgan fingerprint density at radius 2 is 1.75 bits per heavy atom. The predicted molar refractivity (Wildman–Crippen MR) is 144 cm³/mol. The Morgan fingerprint density at radius 3 is 2.48 bits per heavy atom. The fourth-order valence-corrected chi connectivity index (χ4v) is 5.18. The van der Waals surface area contributed by atoms with E-state index < -0.39 is 32.4 Å². The molecule has 0 spiro atoms. The first kappa shape index (κ1) is 26.9. The van der Waals surface area contributed by atoms with Crippen LogP contribution < -0.4 is 10.0 Å². The van der Waals surface area contributed by atoms with Crippen molar-refractivity contribution >= 4 is 49.7 Å². The van der Waals surface area contributed by atoms with Crippen LogP contribution in [0.15, 0.2) is 71.9 Å². The van der Waals surface area contributed by atoms with Crippen molar-refractivity contribution in [1.29, 1.82) is 5.26 Å². The van der Waals surface area contributed by atoms with Gasteiger partial charge in [0.15, 0.2) is 0 Å². The average Bonchev–Trinajstić information content (AvgIpc) is 2.91. The highest BCUT2D eigenvalue weighted by Crippen LogP contribution is 2.32. The largest absolute Gasteiger partial charge is 0.353 e. The molecule has 0 unspecified atom stereocenters. The van der Waals surface area contributed by atoms with Crippen molar-refractivity contribution in [2.45, 2.75) is 11.8 Å². The number of nitriles is 1. The number of nitrogens with zero attached hydrogens (tertiary/aromatic N) is 4. The van der Waals surface area contributed by atoms with Crippen molar-refractivity contribution in [3.8, 4) is 17.3 Å². The molecule has 8 nitrogen and oxygen atoms in total. The van der Waals surface area contributed by atoms with Gasteiger partial charge in [-0.15, -0.1) is 0 Å². The number of halogens is 4. The number of fused-ring (bicyclic) bond motifs is 1. The summed E-state index contributed by atoms with van der Waals surface area (Å²) in [6.07, 6.45) is 2.83. The van der Waals surface area contributed by atoms with Gasteiger partial charge in [-0.1, -0.05) is 11.6 Å². The van der Waals surface area contributed by atoms with Crippen LogP contribution in [0.3, 0.4) is 0 Å². The van der Waals surface area contributed by atoms with E-state index in [-0.39, 0.29) is 16.3 Å². The van der Waals surface area contributed by atoms with Gasteiger partial charge in [0.05, 0.1) is 38.9 Å². The van der Waals surface area contributed by atoms with Crippen LogP contribution in [0.2, 0.25) is 5.02 Å². The third-order valence-corrected chi connectivity index (χ3v) is 7.52. The highest BCUT2D eigenvalue weighted by Gasteiger charge is 2.21. The van der Waals surface area contributed by atoms with Crippen molar-refractivity contribution in [2.75, 3.05) is 10.0 Å². The molecular weight excluding hydrogens is 565 g/mol. The molecule has 2 aromatic carbocycles. The molecule has 5 aromatic rings. The quantitative estimate of drug-likeness (QED) is 0.235. The lowest BCUT2D eigenvalue weighted by atomic mass is 10.1. The van der Waals surface area contributed by atoms with Gasteiger partial charge in [0.2, 0.25) is 0 Å². The van der Waals surface area contributed by atoms with Crippen LogP contribution in [0, 0.1) is 35.7 Å². The van der Waals surface area contributed by atoms with Gasteiger partial charge in [0.25, 0.3) is 10.0 Å². The number of anilines is 3. The van der Waals surface area contributed by atoms with Crippen LogP contribution in [0.5, 0.6) is 0 Å². The van der Waals surface area contributed by atoms with Crippen molar-refractivity contribution in [1.82, 2.24) is 15.0 Å². The highest BCUT2D eigenvalue weighted by molar-refractivity contribution is 7.92. The van der Waals surface area contributed by atoms with Crippen LogP contribution in [-0.2, 0) is 10.0 Å². The van der Waals surface area contributed by atoms with Crippen LogP contribution >= 0.6 is 11.6 Å². The molecule has 3 aromatic heterocycles. The minimum absolute atomic E-state index is 0.0475. The summed E-state index contributed by atoms with van der Waals surface area (Å²) in [5.41, 5.74) is 2.68. The minimum atomic E-state index is -4.42. The van der Waals surface area contributed by atoms with Gasteiger partial charge in [-0.3, -0.25) is 14.7 Å². The molecule has 0 aliphatic rings. The molecule has 200 valence electrons. The SMILES string of the molecule is Cc1ncc(-c2ccc3ncc(C#N)c(Nc4ccc(F)c(Cl)c4)c3n2)cc1NS(=O)(=O)c1ccc(F)cc1F. The summed E-state index contributed by atoms with van der Waals surface area (Å²) >= 11 is 5.90. The number of hydrogen-bond donors (Lipinski definition) is 2. The van der Waals surface area contributed by atoms with E-state index in [0.29, 0.717) is 45.4 Å². The fourth-order valence-electron chi connectivity index (χ4n) is 3.83. The number of hydrogen-bond acceptors (Lipinski definition) is 7. The molecule has 13 heteroatoms. The van der Waals surface area contributed by atoms with E-state index in [1.165, 1.54) is 36.7 Å². The van der Waals surface area contributed by atoms with Crippen molar-refractivity contribution < 1.29 is 21.6 Å². The molecule has 0 atom stereocenters. The summed E-state index contributed by atoms with van der Waals surface area (Å²) in [6.45, 7) is 1.55. The molecule has 3 heterocycles. The number of rotatable bonds is 6. The van der Waals surface area contributed by atoms with Gasteiger partial charge in [-0.25, -0.2) is 26.6 Å². The third kappa shape index (κ3) is 5.25. The molecule has 0 saturated carbocycles. The van der Waals surface area contributed by atoms with Crippen LogP contribution in [0.1, 0.15) is 11.3 Å². The smallest absolute Gasteiger partial charge is 0.264 e. The lowest BCUT2D eigenvalue weighted by Gasteiger charge is -2.14. The number of aryl methyl sites for hydroxylation is 1. The van der Waals surface area contributed by atoms with Crippen LogP contribution in [0.4, 0.5) is 30.2 Å². The second-order valence-corrected chi connectivity index (χ2v) is 10.6. The molecule has 0 fully saturated rings. The molecule has 0 aliphatic carbocycles. The highest BCUT2D eigenvalue weighted by atomic mass is 35.5. The standard InChI is InChI=1S/C27H16ClF3N6O2S/c1-14-24(37-40(38,39)25-7-2-17(29)9-21(25)31)8-15(12-33-14)22-5-6-23-27(36-22)26(16(11-32)13-34-23)35-18-3-4-20(30)19(28)10-18/h2-10,12-13,37H,1H3,(H,34,35). The summed E-state index contributed by atoms with van der Waals surface area (Å²) in [5, 5.41) is 12.6. The fraction of sp³-hybridized carbons (Fsp3) is 0.0370. The third-order valence-electron chi connectivity index (χ3n) is 5.83. The normalized spacial score (nSPS) is 11.3. The molecule has 0 saturated heterocycles. The molecule has 0 aliphatic heterocycles. The Balaban J connectivity index is 1.56. The molecule has 0 amide bonds. The van der Waals surface area contributed by atoms with E-state index in [1.807, 2.05) is 6.07 Å². The second kappa shape index (κ2) is 10.4. The van der Waals surface area contributed by atoms with Crippen molar-refractivity contribution in [2.24, 2.45) is 0 Å². The molecule has 0 bridgehead atoms. The van der Waals surface area contributed by atoms with E-state index in [0.717, 1.165) is 12.1 Å². The van der Waals surface area contributed by atoms with Crippen LogP contribution in [0.25, 0.3) is 22.3 Å². The number of nitrogens with one attached hydrogen (secondary N) is 2. The van der Waals surface area contributed by atoms with Gasteiger partial charge < -0.3 is 5.32 Å². The van der Waals surface area contributed by atoms with E-state index in [9.17, 15) is 26.9 Å². The second-order valence-electron chi connectivity index (χ2n) is 8.51. The predicted octanol–water partition coefficient (Wildman–Crippen LogP) is 6.49. The number of sulfonamides is 1. The molecule has 2 N–H and O–H groups in total. The Bertz CT molecular complexity index is 1970. The Morgan fingerprint density at radius 1 is 0.950 bits per heavy atom. The Labute approximate surface area is 231 Å². The lowest BCUT2D eigenvalue weighted by molar-refractivity contribution is 0.551. The van der Waals surface area contributed by atoms with E-state index >= 15 is 0 Å². The summed E-state index contributed by atoms with van der Waals surface area (Å²) in [6, 6.07) is 12.9. The molecule has 5 rings (SSSR count). The van der Waals surface area contributed by atoms with Gasteiger partial charge in [-0.2, -0.15) is 5.26 Å². The van der Waals surface area contributed by atoms with Gasteiger partial charge in [0, 0.05) is 29.7 Å². The number of pyridine rings is 3. The molecular formula is C27H16ClF3N6O2S. The minimum Gasteiger partial charge on any atom is -0.353 e. The molecule has 0 radical (unpaired) electrons. The van der Waals surface area contributed by atoms with Gasteiger partial charge in [0.1, 0.15) is 33.9 Å². The van der Waals surface area contributed by atoms with Gasteiger partial charge >= 0.3 is 0 Å². The van der Waals surface area contributed by atoms with E-state index in [1.54, 1.807) is 19.1 Å². The molecule has 40 heavy (non-hydrogen) atoms. The summed E-state index contributed by atoms with van der Waals surface area (Å²) < 4.78 is 69.1. The summed E-state index contributed by atoms with van der Waals surface area (Å²) in [5.74, 6) is -2.76. The number of benzene rings is 2. The topological polar surface area (TPSA) is 121 Å². The van der Waals surface area contributed by atoms with Crippen LogP contribution in [-0.4, -0.2) is 23.4 Å². The Kier molecular flexibility index (Phi) is 7.01. The summed E-state index contributed by atoms with van der Waals surface area (Å²) in [4.78, 5) is 12.4. The maximum absolute atomic E-state index is 14.2. The zero-order valence-electron chi connectivity index (χ0n) is 20.4. The maximum atomic E-state index is 14.2. The first-order valence-electron chi connectivity index (χ1n) is 11.4. The van der Waals surface area contributed by atoms with E-state index in [2.05, 4.69) is 25.0 Å². The summed E-state index contributed by atoms with van der Waals surface area (Å²) in [7, 11) is -4.42. The first-order chi connectivity index (χ1) is 19.1. The Hall–Kier alpha value is -4.73. The average molecular weight is 581 g/mol. The zero-order chi connectivity index (χ0) is 28.6.